The average molecular weight is 373 g/mol. The van der Waals surface area contributed by atoms with Crippen molar-refractivity contribution in [2.24, 2.45) is 11.8 Å². The zero-order valence-corrected chi connectivity index (χ0v) is 17.3. The van der Waals surface area contributed by atoms with Crippen molar-refractivity contribution in [3.05, 3.63) is 0 Å². The van der Waals surface area contributed by atoms with Gasteiger partial charge in [0, 0.05) is 18.9 Å². The van der Waals surface area contributed by atoms with Gasteiger partial charge >= 0.3 is 0 Å². The lowest BCUT2D eigenvalue weighted by atomic mass is 9.95. The first-order valence-corrected chi connectivity index (χ1v) is 10.4. The molecule has 26 heavy (non-hydrogen) atoms. The molecule has 0 aromatic heterocycles. The fourth-order valence-electron chi connectivity index (χ4n) is 2.89. The summed E-state index contributed by atoms with van der Waals surface area (Å²) in [5.41, 5.74) is 0. The van der Waals surface area contributed by atoms with Gasteiger partial charge in [-0.3, -0.25) is 4.79 Å². The summed E-state index contributed by atoms with van der Waals surface area (Å²) >= 11 is 0. The molecule has 0 atom stereocenters. The monoisotopic (exact) mass is 372 g/mol. The zero-order chi connectivity index (χ0) is 19.2. The molecule has 0 aliphatic heterocycles. The fourth-order valence-corrected chi connectivity index (χ4v) is 2.89. The van der Waals surface area contributed by atoms with Crippen LogP contribution in [0.1, 0.15) is 66.2 Å². The maximum Gasteiger partial charge on any atom is 0.137 e. The SMILES string of the molecule is CC(C)CCOC1CCC(OCCOCCOCCC(=O)C(C)C)CC1. The Balaban J connectivity index is 1.87. The number of carbonyl (C=O) groups is 1. The van der Waals surface area contributed by atoms with E-state index in [4.69, 9.17) is 18.9 Å². The highest BCUT2D eigenvalue weighted by Crippen LogP contribution is 2.23. The van der Waals surface area contributed by atoms with Crippen molar-refractivity contribution in [1.29, 1.82) is 0 Å². The highest BCUT2D eigenvalue weighted by Gasteiger charge is 2.21. The van der Waals surface area contributed by atoms with Crippen molar-refractivity contribution in [3.8, 4) is 0 Å². The van der Waals surface area contributed by atoms with Crippen LogP contribution in [0, 0.1) is 11.8 Å². The summed E-state index contributed by atoms with van der Waals surface area (Å²) in [5, 5.41) is 0. The second-order valence-electron chi connectivity index (χ2n) is 7.92. The Labute approximate surface area is 160 Å². The molecule has 0 aromatic carbocycles. The van der Waals surface area contributed by atoms with Gasteiger partial charge in [0.1, 0.15) is 5.78 Å². The quantitative estimate of drug-likeness (QED) is 0.406. The van der Waals surface area contributed by atoms with Gasteiger partial charge in [0.15, 0.2) is 0 Å². The second kappa shape index (κ2) is 14.6. The molecule has 1 aliphatic carbocycles. The maximum atomic E-state index is 11.4. The van der Waals surface area contributed by atoms with E-state index >= 15 is 0 Å². The Morgan fingerprint density at radius 3 is 1.81 bits per heavy atom. The highest BCUT2D eigenvalue weighted by molar-refractivity contribution is 5.80. The van der Waals surface area contributed by atoms with Gasteiger partial charge in [0.05, 0.1) is 45.2 Å². The fraction of sp³-hybridized carbons (Fsp3) is 0.952. The number of rotatable bonds is 15. The van der Waals surface area contributed by atoms with Crippen molar-refractivity contribution in [2.45, 2.75) is 78.4 Å². The Kier molecular flexibility index (Phi) is 13.2. The molecule has 1 fully saturated rings. The van der Waals surface area contributed by atoms with E-state index in [0.29, 0.717) is 57.6 Å². The number of Topliss-reactive ketones (excluding diaryl/α,β-unsaturated/α-hetero) is 1. The molecule has 0 N–H and O–H groups in total. The summed E-state index contributed by atoms with van der Waals surface area (Å²) in [6.45, 7) is 12.0. The van der Waals surface area contributed by atoms with Crippen molar-refractivity contribution in [1.82, 2.24) is 0 Å². The minimum atomic E-state index is 0.0914. The molecule has 154 valence electrons. The van der Waals surface area contributed by atoms with Gasteiger partial charge in [-0.05, 0) is 38.0 Å². The predicted molar refractivity (Wildman–Crippen MR) is 104 cm³/mol. The smallest absolute Gasteiger partial charge is 0.137 e. The number of hydrogen-bond acceptors (Lipinski definition) is 5. The molecule has 0 spiro atoms. The van der Waals surface area contributed by atoms with Crippen LogP contribution in [0.4, 0.5) is 0 Å². The minimum absolute atomic E-state index is 0.0914. The van der Waals surface area contributed by atoms with Gasteiger partial charge in [-0.25, -0.2) is 0 Å². The number of carbonyl (C=O) groups excluding carboxylic acids is 1. The van der Waals surface area contributed by atoms with Crippen LogP contribution in [0.5, 0.6) is 0 Å². The van der Waals surface area contributed by atoms with Crippen LogP contribution in [-0.2, 0) is 23.7 Å². The van der Waals surface area contributed by atoms with E-state index in [-0.39, 0.29) is 11.7 Å². The zero-order valence-electron chi connectivity index (χ0n) is 17.3. The molecule has 1 saturated carbocycles. The first kappa shape index (κ1) is 23.5. The molecule has 5 nitrogen and oxygen atoms in total. The van der Waals surface area contributed by atoms with Crippen LogP contribution >= 0.6 is 0 Å². The van der Waals surface area contributed by atoms with Gasteiger partial charge in [-0.2, -0.15) is 0 Å². The summed E-state index contributed by atoms with van der Waals surface area (Å²) in [5.74, 6) is 1.05. The van der Waals surface area contributed by atoms with Crippen LogP contribution in [-0.4, -0.2) is 57.6 Å². The van der Waals surface area contributed by atoms with Crippen molar-refractivity contribution >= 4 is 5.78 Å². The Bertz CT molecular complexity index is 348. The molecule has 1 rings (SSSR count). The van der Waals surface area contributed by atoms with Crippen LogP contribution in [0.25, 0.3) is 0 Å². The van der Waals surface area contributed by atoms with Gasteiger partial charge in [0.25, 0.3) is 0 Å². The largest absolute Gasteiger partial charge is 0.379 e. The number of hydrogen-bond donors (Lipinski definition) is 0. The Morgan fingerprint density at radius 1 is 0.769 bits per heavy atom. The van der Waals surface area contributed by atoms with Gasteiger partial charge in [-0.1, -0.05) is 27.7 Å². The van der Waals surface area contributed by atoms with Crippen molar-refractivity contribution < 1.29 is 23.7 Å². The number of ether oxygens (including phenoxy) is 4. The standard InChI is InChI=1S/C21H40O5/c1-17(2)9-12-25-19-5-7-20(8-6-19)26-16-15-24-14-13-23-11-10-21(22)18(3)4/h17-20H,5-16H2,1-4H3. The third-order valence-electron chi connectivity index (χ3n) is 4.76. The lowest BCUT2D eigenvalue weighted by molar-refractivity contribution is -0.123. The lowest BCUT2D eigenvalue weighted by Gasteiger charge is -2.28. The van der Waals surface area contributed by atoms with E-state index in [9.17, 15) is 4.79 Å². The molecule has 0 aromatic rings. The molecule has 5 heteroatoms. The first-order chi connectivity index (χ1) is 12.5. The van der Waals surface area contributed by atoms with Gasteiger partial charge < -0.3 is 18.9 Å². The van der Waals surface area contributed by atoms with Gasteiger partial charge in [-0.15, -0.1) is 0 Å². The van der Waals surface area contributed by atoms with Crippen LogP contribution < -0.4 is 0 Å². The van der Waals surface area contributed by atoms with E-state index in [1.807, 2.05) is 13.8 Å². The van der Waals surface area contributed by atoms with Crippen molar-refractivity contribution in [2.75, 3.05) is 39.6 Å². The summed E-state index contributed by atoms with van der Waals surface area (Å²) in [6, 6.07) is 0. The summed E-state index contributed by atoms with van der Waals surface area (Å²) in [4.78, 5) is 11.4. The van der Waals surface area contributed by atoms with E-state index in [1.165, 1.54) is 0 Å². The maximum absolute atomic E-state index is 11.4. The molecule has 1 aliphatic rings. The topological polar surface area (TPSA) is 54.0 Å². The predicted octanol–water partition coefficient (Wildman–Crippen LogP) is 4.03. The highest BCUT2D eigenvalue weighted by atomic mass is 16.5. The van der Waals surface area contributed by atoms with E-state index < -0.39 is 0 Å². The van der Waals surface area contributed by atoms with Crippen LogP contribution in [0.2, 0.25) is 0 Å². The van der Waals surface area contributed by atoms with E-state index in [0.717, 1.165) is 38.7 Å². The second-order valence-corrected chi connectivity index (χ2v) is 7.92. The Morgan fingerprint density at radius 2 is 1.27 bits per heavy atom. The molecular weight excluding hydrogens is 332 g/mol. The molecular formula is C21H40O5. The summed E-state index contributed by atoms with van der Waals surface area (Å²) in [6.07, 6.45) is 6.78. The molecule has 0 bridgehead atoms. The van der Waals surface area contributed by atoms with Gasteiger partial charge in [0.2, 0.25) is 0 Å². The lowest BCUT2D eigenvalue weighted by Crippen LogP contribution is -2.28. The average Bonchev–Trinajstić information content (AvgIpc) is 2.61. The third kappa shape index (κ3) is 12.0. The Hall–Kier alpha value is -0.490. The van der Waals surface area contributed by atoms with E-state index in [1.54, 1.807) is 0 Å². The molecule has 0 heterocycles. The normalized spacial score (nSPS) is 20.8. The minimum Gasteiger partial charge on any atom is -0.379 e. The number of ketones is 1. The molecule has 0 saturated heterocycles. The van der Waals surface area contributed by atoms with Crippen LogP contribution in [0.15, 0.2) is 0 Å². The molecule has 0 radical (unpaired) electrons. The summed E-state index contributed by atoms with van der Waals surface area (Å²) < 4.78 is 22.8. The molecule has 0 unspecified atom stereocenters. The van der Waals surface area contributed by atoms with E-state index in [2.05, 4.69) is 13.8 Å². The van der Waals surface area contributed by atoms with Crippen molar-refractivity contribution in [3.63, 3.8) is 0 Å². The third-order valence-corrected chi connectivity index (χ3v) is 4.76. The van der Waals surface area contributed by atoms with Crippen LogP contribution in [0.3, 0.4) is 0 Å². The first-order valence-electron chi connectivity index (χ1n) is 10.4. The summed E-state index contributed by atoms with van der Waals surface area (Å²) in [7, 11) is 0. The molecule has 0 amide bonds.